The van der Waals surface area contributed by atoms with E-state index < -0.39 is 24.0 Å². The maximum atomic E-state index is 13.3. The van der Waals surface area contributed by atoms with E-state index in [1.165, 1.54) is 0 Å². The zero-order valence-corrected chi connectivity index (χ0v) is 19.5. The van der Waals surface area contributed by atoms with Crippen molar-refractivity contribution < 1.29 is 29.0 Å². The topological polar surface area (TPSA) is 105 Å². The Balaban J connectivity index is 1.22. The largest absolute Gasteiger partial charge is 0.481 e. The van der Waals surface area contributed by atoms with E-state index in [2.05, 4.69) is 29.6 Å². The highest BCUT2D eigenvalue weighted by Gasteiger charge is 2.41. The Morgan fingerprint density at radius 3 is 2.37 bits per heavy atom. The number of nitrogens with zero attached hydrogens (tertiary/aromatic N) is 1. The van der Waals surface area contributed by atoms with E-state index in [0.29, 0.717) is 13.0 Å². The van der Waals surface area contributed by atoms with Crippen molar-refractivity contribution in [3.8, 4) is 11.1 Å². The number of hydrogen-bond acceptors (Lipinski definition) is 5. The normalized spacial score (nSPS) is 23.4. The molecule has 2 aromatic carbocycles. The molecule has 5 rings (SSSR count). The zero-order valence-electron chi connectivity index (χ0n) is 19.5. The monoisotopic (exact) mass is 478 g/mol. The molecule has 2 heterocycles. The summed E-state index contributed by atoms with van der Waals surface area (Å²) >= 11 is 0. The lowest BCUT2D eigenvalue weighted by molar-refractivity contribution is -0.144. The second kappa shape index (κ2) is 10.1. The molecule has 35 heavy (non-hydrogen) atoms. The van der Waals surface area contributed by atoms with Gasteiger partial charge in [0.2, 0.25) is 5.91 Å². The minimum Gasteiger partial charge on any atom is -0.481 e. The number of ether oxygens (including phenoxy) is 2. The van der Waals surface area contributed by atoms with Gasteiger partial charge in [-0.1, -0.05) is 48.5 Å². The van der Waals surface area contributed by atoms with Gasteiger partial charge in [0.1, 0.15) is 6.61 Å². The number of hydrogen-bond donors (Lipinski definition) is 2. The Hall–Kier alpha value is -3.39. The number of amides is 2. The second-order valence-electron chi connectivity index (χ2n) is 9.50. The van der Waals surface area contributed by atoms with E-state index in [9.17, 15) is 19.5 Å². The number of likely N-dealkylation sites (tertiary alicyclic amines) is 1. The Morgan fingerprint density at radius 1 is 1.00 bits per heavy atom. The molecule has 0 saturated carbocycles. The molecule has 3 aliphatic rings. The van der Waals surface area contributed by atoms with Crippen LogP contribution >= 0.6 is 0 Å². The van der Waals surface area contributed by atoms with Gasteiger partial charge in [0.05, 0.1) is 31.6 Å². The van der Waals surface area contributed by atoms with Crippen LogP contribution in [-0.4, -0.2) is 66.4 Å². The molecule has 0 bridgehead atoms. The van der Waals surface area contributed by atoms with E-state index in [4.69, 9.17) is 9.47 Å². The van der Waals surface area contributed by atoms with Gasteiger partial charge in [-0.15, -0.1) is 0 Å². The van der Waals surface area contributed by atoms with Crippen molar-refractivity contribution in [3.05, 3.63) is 59.7 Å². The minimum atomic E-state index is -0.911. The molecule has 2 saturated heterocycles. The molecule has 1 aliphatic carbocycles. The number of fused-ring (bicyclic) bond motifs is 3. The number of carboxylic acids is 1. The first kappa shape index (κ1) is 23.4. The number of carboxylic acid groups (broad SMARTS) is 1. The summed E-state index contributed by atoms with van der Waals surface area (Å²) in [5.41, 5.74) is 4.58. The zero-order chi connectivity index (χ0) is 24.4. The highest BCUT2D eigenvalue weighted by molar-refractivity contribution is 5.82. The smallest absolute Gasteiger partial charge is 0.407 e. The number of alkyl carbamates (subject to hydrolysis) is 1. The molecular weight excluding hydrogens is 448 g/mol. The lowest BCUT2D eigenvalue weighted by Gasteiger charge is -2.37. The average molecular weight is 479 g/mol. The maximum Gasteiger partial charge on any atom is 0.407 e. The van der Waals surface area contributed by atoms with E-state index >= 15 is 0 Å². The van der Waals surface area contributed by atoms with Gasteiger partial charge < -0.3 is 24.8 Å². The standard InChI is InChI=1S/C27H30N2O6/c30-25(31)13-17-7-5-6-12-29(17)26(32)23-14-34-16-24(23)28-27(33)35-15-22-20-10-3-1-8-18(20)19-9-2-4-11-21(19)22/h1-4,8-11,17,22-24H,5-7,12-16H2,(H,28,33)(H,30,31). The second-order valence-corrected chi connectivity index (χ2v) is 9.50. The Bertz CT molecular complexity index is 1070. The van der Waals surface area contributed by atoms with Crippen LogP contribution in [0, 0.1) is 5.92 Å². The molecule has 2 aromatic rings. The van der Waals surface area contributed by atoms with Gasteiger partial charge in [0, 0.05) is 18.5 Å². The minimum absolute atomic E-state index is 0.0458. The van der Waals surface area contributed by atoms with E-state index in [1.807, 2.05) is 24.3 Å². The van der Waals surface area contributed by atoms with Crippen LogP contribution < -0.4 is 5.32 Å². The summed E-state index contributed by atoms with van der Waals surface area (Å²) in [7, 11) is 0. The third-order valence-electron chi connectivity index (χ3n) is 7.37. The van der Waals surface area contributed by atoms with Crippen LogP contribution in [0.1, 0.15) is 42.7 Å². The molecule has 2 aliphatic heterocycles. The number of carbonyl (C=O) groups is 3. The van der Waals surface area contributed by atoms with Crippen LogP contribution in [0.4, 0.5) is 4.79 Å². The van der Waals surface area contributed by atoms with Gasteiger partial charge in [0.25, 0.3) is 0 Å². The van der Waals surface area contributed by atoms with Crippen molar-refractivity contribution in [2.24, 2.45) is 5.92 Å². The third kappa shape index (κ3) is 4.75. The van der Waals surface area contributed by atoms with Crippen LogP contribution in [0.25, 0.3) is 11.1 Å². The van der Waals surface area contributed by atoms with Gasteiger partial charge in [-0.3, -0.25) is 9.59 Å². The summed E-state index contributed by atoms with van der Waals surface area (Å²) in [5, 5.41) is 12.1. The fourth-order valence-electron chi connectivity index (χ4n) is 5.65. The number of piperidine rings is 1. The fraction of sp³-hybridized carbons (Fsp3) is 0.444. The quantitative estimate of drug-likeness (QED) is 0.659. The SMILES string of the molecule is O=C(O)CC1CCCCN1C(=O)C1COCC1NC(=O)OCC1c2ccccc2-c2ccccc21. The van der Waals surface area contributed by atoms with Gasteiger partial charge in [0.15, 0.2) is 0 Å². The molecule has 2 fully saturated rings. The number of carbonyl (C=O) groups excluding carboxylic acids is 2. The van der Waals surface area contributed by atoms with Crippen LogP contribution in [0.3, 0.4) is 0 Å². The summed E-state index contributed by atoms with van der Waals surface area (Å²) in [6.45, 7) is 1.14. The van der Waals surface area contributed by atoms with Crippen LogP contribution in [-0.2, 0) is 19.1 Å². The molecule has 2 amide bonds. The first-order valence-corrected chi connectivity index (χ1v) is 12.2. The Morgan fingerprint density at radius 2 is 1.69 bits per heavy atom. The molecule has 0 radical (unpaired) electrons. The predicted octanol–water partition coefficient (Wildman–Crippen LogP) is 3.40. The Kier molecular flexibility index (Phi) is 6.72. The summed E-state index contributed by atoms with van der Waals surface area (Å²) in [5.74, 6) is -1.66. The highest BCUT2D eigenvalue weighted by Crippen LogP contribution is 2.44. The molecule has 3 atom stereocenters. The first-order chi connectivity index (χ1) is 17.0. The number of aliphatic carboxylic acids is 1. The molecule has 0 spiro atoms. The van der Waals surface area contributed by atoms with Crippen LogP contribution in [0.2, 0.25) is 0 Å². The number of benzene rings is 2. The lowest BCUT2D eigenvalue weighted by atomic mass is 9.95. The average Bonchev–Trinajstić information content (AvgIpc) is 3.45. The summed E-state index contributed by atoms with van der Waals surface area (Å²) < 4.78 is 11.2. The van der Waals surface area contributed by atoms with Crippen molar-refractivity contribution in [2.45, 2.75) is 43.7 Å². The fourth-order valence-corrected chi connectivity index (χ4v) is 5.65. The van der Waals surface area contributed by atoms with Crippen molar-refractivity contribution in [1.82, 2.24) is 10.2 Å². The summed E-state index contributed by atoms with van der Waals surface area (Å²) in [6.07, 6.45) is 1.78. The molecular formula is C27H30N2O6. The van der Waals surface area contributed by atoms with Gasteiger partial charge >= 0.3 is 12.1 Å². The van der Waals surface area contributed by atoms with Crippen molar-refractivity contribution in [3.63, 3.8) is 0 Å². The van der Waals surface area contributed by atoms with Gasteiger partial charge in [-0.2, -0.15) is 0 Å². The molecule has 184 valence electrons. The summed E-state index contributed by atoms with van der Waals surface area (Å²) in [4.78, 5) is 39.0. The van der Waals surface area contributed by atoms with Crippen molar-refractivity contribution in [1.29, 1.82) is 0 Å². The first-order valence-electron chi connectivity index (χ1n) is 12.2. The Labute approximate surface area is 204 Å². The van der Waals surface area contributed by atoms with Crippen LogP contribution in [0.15, 0.2) is 48.5 Å². The maximum absolute atomic E-state index is 13.3. The highest BCUT2D eigenvalue weighted by atomic mass is 16.5. The van der Waals surface area contributed by atoms with E-state index in [0.717, 1.165) is 35.1 Å². The molecule has 8 nitrogen and oxygen atoms in total. The molecule has 2 N–H and O–H groups in total. The van der Waals surface area contributed by atoms with Crippen molar-refractivity contribution in [2.75, 3.05) is 26.4 Å². The molecule has 0 aromatic heterocycles. The lowest BCUT2D eigenvalue weighted by Crippen LogP contribution is -2.52. The third-order valence-corrected chi connectivity index (χ3v) is 7.37. The molecule has 8 heteroatoms. The van der Waals surface area contributed by atoms with Crippen LogP contribution in [0.5, 0.6) is 0 Å². The van der Waals surface area contributed by atoms with Gasteiger partial charge in [-0.25, -0.2) is 4.79 Å². The van der Waals surface area contributed by atoms with Gasteiger partial charge in [-0.05, 0) is 41.5 Å². The summed E-state index contributed by atoms with van der Waals surface area (Å²) in [6, 6.07) is 15.5. The predicted molar refractivity (Wildman–Crippen MR) is 128 cm³/mol. The van der Waals surface area contributed by atoms with Crippen molar-refractivity contribution >= 4 is 18.0 Å². The number of nitrogens with one attached hydrogen (secondary N) is 1. The van der Waals surface area contributed by atoms with E-state index in [1.54, 1.807) is 4.90 Å². The van der Waals surface area contributed by atoms with E-state index in [-0.39, 0.29) is 44.1 Å². The molecule has 3 unspecified atom stereocenters. The number of rotatable bonds is 6.